The molecule has 0 N–H and O–H groups in total. The van der Waals surface area contributed by atoms with Gasteiger partial charge in [-0.1, -0.05) is 144 Å². The molecule has 8 aromatic rings. The zero-order valence-corrected chi connectivity index (χ0v) is 32.1. The van der Waals surface area contributed by atoms with Crippen molar-refractivity contribution in [3.8, 4) is 50.8 Å². The molecule has 0 aliphatic heterocycles. The normalized spacial score (nSPS) is 12.0. The van der Waals surface area contributed by atoms with Crippen LogP contribution in [0.25, 0.3) is 72.8 Å². The maximum atomic E-state index is 5.41. The third kappa shape index (κ3) is 6.62. The van der Waals surface area contributed by atoms with Crippen molar-refractivity contribution in [2.45, 2.75) is 52.4 Å². The molecular formula is C46H40N4Pt. The van der Waals surface area contributed by atoms with Gasteiger partial charge in [-0.2, -0.15) is 0 Å². The molecule has 0 fully saturated rings. The van der Waals surface area contributed by atoms with Crippen LogP contribution in [0.5, 0.6) is 0 Å². The third-order valence-corrected chi connectivity index (χ3v) is 9.47. The summed E-state index contributed by atoms with van der Waals surface area (Å²) in [7, 11) is 0. The Morgan fingerprint density at radius 1 is 0.588 bits per heavy atom. The number of imidazole rings is 1. The predicted octanol–water partition coefficient (Wildman–Crippen LogP) is 11.6. The van der Waals surface area contributed by atoms with Crippen LogP contribution in [0.15, 0.2) is 133 Å². The fourth-order valence-corrected chi connectivity index (χ4v) is 6.60. The van der Waals surface area contributed by atoms with Gasteiger partial charge in [0, 0.05) is 11.4 Å². The summed E-state index contributed by atoms with van der Waals surface area (Å²) in [6.45, 7) is 13.5. The summed E-state index contributed by atoms with van der Waals surface area (Å²) in [6, 6.07) is 50.5. The first-order valence-corrected chi connectivity index (χ1v) is 17.3. The first kappa shape index (κ1) is 34.4. The minimum absolute atomic E-state index is 0. The smallest absolute Gasteiger partial charge is 0.657 e. The molecule has 51 heavy (non-hydrogen) atoms. The summed E-state index contributed by atoms with van der Waals surface area (Å²) >= 11 is 0. The van der Waals surface area contributed by atoms with Crippen LogP contribution in [0.1, 0.15) is 52.7 Å². The van der Waals surface area contributed by atoms with Gasteiger partial charge >= 0.3 is 21.1 Å². The van der Waals surface area contributed by atoms with Crippen molar-refractivity contribution in [2.24, 2.45) is 0 Å². The van der Waals surface area contributed by atoms with Gasteiger partial charge in [-0.15, -0.1) is 35.2 Å². The van der Waals surface area contributed by atoms with Crippen molar-refractivity contribution in [3.63, 3.8) is 0 Å². The second-order valence-corrected chi connectivity index (χ2v) is 15.2. The van der Waals surface area contributed by atoms with Crippen molar-refractivity contribution in [2.75, 3.05) is 0 Å². The van der Waals surface area contributed by atoms with Crippen LogP contribution in [0, 0.1) is 6.07 Å². The minimum atomic E-state index is -0.112. The number of benzene rings is 5. The Hall–Kier alpha value is -5.05. The fourth-order valence-electron chi connectivity index (χ4n) is 6.60. The van der Waals surface area contributed by atoms with Gasteiger partial charge < -0.3 is 9.55 Å². The molecule has 0 spiro atoms. The van der Waals surface area contributed by atoms with E-state index in [0.29, 0.717) is 0 Å². The van der Waals surface area contributed by atoms with Gasteiger partial charge in [0.05, 0.1) is 22.4 Å². The van der Waals surface area contributed by atoms with Crippen molar-refractivity contribution in [3.05, 3.63) is 151 Å². The van der Waals surface area contributed by atoms with Crippen LogP contribution in [0.4, 0.5) is 0 Å². The Morgan fingerprint density at radius 2 is 1.22 bits per heavy atom. The van der Waals surface area contributed by atoms with Crippen LogP contribution in [0.3, 0.4) is 0 Å². The number of hydrogen-bond acceptors (Lipinski definition) is 2. The number of para-hydroxylation sites is 3. The van der Waals surface area contributed by atoms with Crippen LogP contribution < -0.4 is 4.98 Å². The molecule has 0 saturated heterocycles. The largest absolute Gasteiger partial charge is 2.00 e. The van der Waals surface area contributed by atoms with E-state index in [4.69, 9.17) is 15.0 Å². The number of hydrogen-bond donors (Lipinski definition) is 0. The molecule has 254 valence electrons. The Balaban J connectivity index is 0.00000406. The average Bonchev–Trinajstić information content (AvgIpc) is 3.77. The van der Waals surface area contributed by atoms with E-state index in [1.165, 1.54) is 11.1 Å². The van der Waals surface area contributed by atoms with Gasteiger partial charge in [-0.3, -0.25) is 9.97 Å². The molecule has 0 aliphatic rings. The van der Waals surface area contributed by atoms with Crippen molar-refractivity contribution in [1.82, 2.24) is 19.5 Å². The van der Waals surface area contributed by atoms with E-state index < -0.39 is 0 Å². The van der Waals surface area contributed by atoms with Crippen molar-refractivity contribution >= 4 is 21.9 Å². The van der Waals surface area contributed by atoms with Crippen LogP contribution in [-0.4, -0.2) is 14.5 Å². The second kappa shape index (κ2) is 13.2. The number of fused-ring (bicyclic) bond motifs is 2. The monoisotopic (exact) mass is 843 g/mol. The molecule has 4 nitrogen and oxygen atoms in total. The maximum absolute atomic E-state index is 5.41. The molecule has 0 atom stereocenters. The van der Waals surface area contributed by atoms with Crippen LogP contribution >= 0.6 is 0 Å². The predicted molar refractivity (Wildman–Crippen MR) is 208 cm³/mol. The number of nitrogens with zero attached hydrogens (tertiary/aromatic N) is 4. The Kier molecular flexibility index (Phi) is 8.94. The second-order valence-electron chi connectivity index (χ2n) is 15.2. The summed E-state index contributed by atoms with van der Waals surface area (Å²) in [5.41, 5.74) is 13.1. The Labute approximate surface area is 314 Å². The molecule has 5 heteroatoms. The molecule has 0 saturated carbocycles. The molecule has 0 bridgehead atoms. The average molecular weight is 844 g/mol. The molecular weight excluding hydrogens is 804 g/mol. The van der Waals surface area contributed by atoms with E-state index in [9.17, 15) is 0 Å². The fraction of sp³-hybridized carbons (Fsp3) is 0.174. The van der Waals surface area contributed by atoms with Gasteiger partial charge in [0.25, 0.3) is 0 Å². The van der Waals surface area contributed by atoms with Gasteiger partial charge in [0.2, 0.25) is 0 Å². The van der Waals surface area contributed by atoms with Gasteiger partial charge in [-0.25, -0.2) is 0 Å². The Bertz CT molecular complexity index is 2490. The third-order valence-electron chi connectivity index (χ3n) is 9.47. The first-order valence-electron chi connectivity index (χ1n) is 17.3. The number of pyridine rings is 1. The zero-order valence-electron chi connectivity index (χ0n) is 29.8. The van der Waals surface area contributed by atoms with Gasteiger partial charge in [0.15, 0.2) is 0 Å². The van der Waals surface area contributed by atoms with Gasteiger partial charge in [0.1, 0.15) is 0 Å². The molecule has 0 radical (unpaired) electrons. The van der Waals surface area contributed by atoms with E-state index in [1.54, 1.807) is 0 Å². The number of aromatic nitrogens is 4. The van der Waals surface area contributed by atoms with E-state index in [-0.39, 0.29) is 31.9 Å². The minimum Gasteiger partial charge on any atom is -0.657 e. The summed E-state index contributed by atoms with van der Waals surface area (Å²) in [5, 5.41) is 1.10. The Morgan fingerprint density at radius 3 is 1.94 bits per heavy atom. The van der Waals surface area contributed by atoms with E-state index in [0.717, 1.165) is 72.8 Å². The van der Waals surface area contributed by atoms with Gasteiger partial charge in [-0.05, 0) is 63.2 Å². The molecule has 0 unspecified atom stereocenters. The van der Waals surface area contributed by atoms with Crippen LogP contribution in [0.2, 0.25) is 0 Å². The van der Waals surface area contributed by atoms with Crippen LogP contribution in [-0.2, 0) is 31.9 Å². The topological polar surface area (TPSA) is 44.8 Å². The first-order chi connectivity index (χ1) is 24.0. The summed E-state index contributed by atoms with van der Waals surface area (Å²) in [5.74, 6) is 0.857. The SMILES string of the molecule is CC(C)(C)c1cc(-c2ccc3cc(C(C)(C)C)cc(-c4ccc(-c5ccccc5)[n-]4)c3n2)[c-]c(-c2nc3ccccc3n2-c2ccccc2)c1.[Pt+2]. The molecule has 3 heterocycles. The number of rotatable bonds is 5. The maximum Gasteiger partial charge on any atom is 2.00 e. The van der Waals surface area contributed by atoms with Crippen molar-refractivity contribution < 1.29 is 21.1 Å². The molecule has 0 amide bonds. The van der Waals surface area contributed by atoms with Crippen molar-refractivity contribution in [1.29, 1.82) is 0 Å². The molecule has 0 aliphatic carbocycles. The summed E-state index contributed by atoms with van der Waals surface area (Å²) in [6.07, 6.45) is 0. The summed E-state index contributed by atoms with van der Waals surface area (Å²) < 4.78 is 2.24. The quantitative estimate of drug-likeness (QED) is 0.162. The van der Waals surface area contributed by atoms with E-state index >= 15 is 0 Å². The molecule has 3 aromatic heterocycles. The van der Waals surface area contributed by atoms with E-state index in [2.05, 4.69) is 167 Å². The van der Waals surface area contributed by atoms with E-state index in [1.807, 2.05) is 18.2 Å². The summed E-state index contributed by atoms with van der Waals surface area (Å²) in [4.78, 5) is 15.7. The standard InChI is InChI=1S/C46H40N4.Pt/c1-45(2,3)34-27-32(25-33(28-34)44-49-41-19-13-14-20-42(41)50(44)36-17-11-8-12-18-36)39-22-21-31-26-35(46(4,5)6)29-37(43(31)48-39)40-24-23-38(47-40)30-15-9-7-10-16-30;/h7-24,26-29H,1-6H3;/q-2;+2. The molecule has 5 aromatic carbocycles. The zero-order chi connectivity index (χ0) is 34.6. The molecule has 8 rings (SSSR count).